The van der Waals surface area contributed by atoms with Crippen molar-refractivity contribution in [2.24, 2.45) is 0 Å². The Morgan fingerprint density at radius 3 is 2.96 bits per heavy atom. The summed E-state index contributed by atoms with van der Waals surface area (Å²) in [6.45, 7) is 5.82. The van der Waals surface area contributed by atoms with Gasteiger partial charge in [0.05, 0.1) is 21.8 Å². The quantitative estimate of drug-likeness (QED) is 0.675. The highest BCUT2D eigenvalue weighted by atomic mass is 32.1. The molecule has 2 aromatic carbocycles. The molecule has 4 nitrogen and oxygen atoms in total. The maximum absolute atomic E-state index is 4.74. The predicted octanol–water partition coefficient (Wildman–Crippen LogP) is 3.97. The first kappa shape index (κ1) is 16.8. The van der Waals surface area contributed by atoms with Crippen LogP contribution < -0.4 is 9.80 Å². The fourth-order valence-electron chi connectivity index (χ4n) is 5.56. The van der Waals surface area contributed by atoms with Crippen molar-refractivity contribution in [1.29, 1.82) is 0 Å². The molecule has 0 spiro atoms. The van der Waals surface area contributed by atoms with Crippen LogP contribution in [0, 0.1) is 0 Å². The molecule has 2 unspecified atom stereocenters. The molecule has 0 radical (unpaired) electrons. The van der Waals surface area contributed by atoms with Crippen molar-refractivity contribution in [2.75, 3.05) is 49.6 Å². The van der Waals surface area contributed by atoms with Gasteiger partial charge in [-0.05, 0) is 35.6 Å². The van der Waals surface area contributed by atoms with Gasteiger partial charge in [-0.3, -0.25) is 0 Å². The van der Waals surface area contributed by atoms with Crippen molar-refractivity contribution in [2.45, 2.75) is 24.8 Å². The minimum Gasteiger partial charge on any atom is -0.371 e. The van der Waals surface area contributed by atoms with Crippen LogP contribution in [0.4, 0.5) is 11.4 Å². The van der Waals surface area contributed by atoms with Crippen LogP contribution in [0.5, 0.6) is 0 Å². The van der Waals surface area contributed by atoms with Gasteiger partial charge in [0.15, 0.2) is 0 Å². The molecular weight excluding hydrogens is 364 g/mol. The van der Waals surface area contributed by atoms with Crippen LogP contribution in [-0.2, 0) is 6.42 Å². The van der Waals surface area contributed by atoms with E-state index in [1.807, 2.05) is 0 Å². The third-order valence-electron chi connectivity index (χ3n) is 7.00. The molecule has 0 N–H and O–H groups in total. The van der Waals surface area contributed by atoms with Crippen molar-refractivity contribution in [3.8, 4) is 0 Å². The minimum absolute atomic E-state index is 0.655. The molecular formula is C23H26N4S. The van der Waals surface area contributed by atoms with Gasteiger partial charge in [0, 0.05) is 63.5 Å². The van der Waals surface area contributed by atoms with Gasteiger partial charge in [0.25, 0.3) is 0 Å². The Labute approximate surface area is 170 Å². The number of likely N-dealkylation sites (N-methyl/N-ethyl adjacent to an activating group) is 1. The molecule has 1 fully saturated rings. The standard InChI is InChI=1S/C23H26N4S/c1-25-13-14-27-20-10-12-26(15-18(20)16-6-4-7-21(25)23(16)27)11-9-19-17-5-2-3-8-22(17)28-24-19/h2-8,18,20H,9-15H2,1H3. The van der Waals surface area contributed by atoms with E-state index in [0.29, 0.717) is 12.0 Å². The number of benzene rings is 2. The maximum atomic E-state index is 4.74. The molecule has 4 heterocycles. The summed E-state index contributed by atoms with van der Waals surface area (Å²) in [5.41, 5.74) is 5.81. The molecule has 0 amide bonds. The molecule has 0 bridgehead atoms. The normalized spacial score (nSPS) is 23.9. The third kappa shape index (κ3) is 2.49. The number of likely N-dealkylation sites (tertiary alicyclic amines) is 1. The summed E-state index contributed by atoms with van der Waals surface area (Å²) in [6, 6.07) is 16.3. The summed E-state index contributed by atoms with van der Waals surface area (Å²) in [4.78, 5) is 7.83. The Balaban J connectivity index is 1.22. The van der Waals surface area contributed by atoms with E-state index >= 15 is 0 Å². The lowest BCUT2D eigenvalue weighted by atomic mass is 9.89. The Morgan fingerprint density at radius 2 is 2.00 bits per heavy atom. The maximum Gasteiger partial charge on any atom is 0.0644 e. The van der Waals surface area contributed by atoms with E-state index in [1.54, 1.807) is 17.1 Å². The zero-order valence-corrected chi connectivity index (χ0v) is 17.2. The number of anilines is 2. The van der Waals surface area contributed by atoms with Crippen LogP contribution in [0.1, 0.15) is 23.6 Å². The highest BCUT2D eigenvalue weighted by Gasteiger charge is 2.44. The summed E-state index contributed by atoms with van der Waals surface area (Å²) in [7, 11) is 2.24. The van der Waals surface area contributed by atoms with Crippen molar-refractivity contribution >= 4 is 33.0 Å². The van der Waals surface area contributed by atoms with Crippen LogP contribution in [0.2, 0.25) is 0 Å². The van der Waals surface area contributed by atoms with E-state index in [9.17, 15) is 0 Å². The summed E-state index contributed by atoms with van der Waals surface area (Å²) >= 11 is 1.64. The van der Waals surface area contributed by atoms with Gasteiger partial charge in [0.1, 0.15) is 0 Å². The van der Waals surface area contributed by atoms with Crippen LogP contribution in [-0.4, -0.2) is 55.1 Å². The molecule has 0 aliphatic carbocycles. The fourth-order valence-corrected chi connectivity index (χ4v) is 6.38. The van der Waals surface area contributed by atoms with E-state index in [1.165, 1.54) is 53.2 Å². The van der Waals surface area contributed by atoms with Gasteiger partial charge in [-0.25, -0.2) is 0 Å². The molecule has 0 saturated carbocycles. The lowest BCUT2D eigenvalue weighted by molar-refractivity contribution is 0.195. The van der Waals surface area contributed by atoms with E-state index in [2.05, 4.69) is 64.2 Å². The summed E-state index contributed by atoms with van der Waals surface area (Å²) in [5, 5.41) is 1.35. The molecule has 2 atom stereocenters. The Kier molecular flexibility index (Phi) is 3.88. The third-order valence-corrected chi connectivity index (χ3v) is 7.86. The van der Waals surface area contributed by atoms with Gasteiger partial charge in [-0.15, -0.1) is 0 Å². The second kappa shape index (κ2) is 6.46. The lowest BCUT2D eigenvalue weighted by Gasteiger charge is -2.41. The number of hydrogen-bond acceptors (Lipinski definition) is 5. The Bertz CT molecular complexity index is 1030. The minimum atomic E-state index is 0.655. The average Bonchev–Trinajstić information content (AvgIpc) is 3.29. The topological polar surface area (TPSA) is 22.6 Å². The first-order valence-corrected chi connectivity index (χ1v) is 11.2. The molecule has 3 aliphatic rings. The highest BCUT2D eigenvalue weighted by molar-refractivity contribution is 7.13. The van der Waals surface area contributed by atoms with Gasteiger partial charge in [-0.2, -0.15) is 4.37 Å². The summed E-state index contributed by atoms with van der Waals surface area (Å²) in [5.74, 6) is 0.655. The van der Waals surface area contributed by atoms with E-state index < -0.39 is 0 Å². The number of nitrogens with zero attached hydrogens (tertiary/aromatic N) is 4. The molecule has 1 aromatic heterocycles. The summed E-state index contributed by atoms with van der Waals surface area (Å²) in [6.07, 6.45) is 2.33. The first-order valence-electron chi connectivity index (χ1n) is 10.5. The molecule has 6 rings (SSSR count). The summed E-state index contributed by atoms with van der Waals surface area (Å²) < 4.78 is 6.05. The number of fused-ring (bicyclic) bond motifs is 4. The molecule has 1 saturated heterocycles. The zero-order chi connectivity index (χ0) is 18.7. The van der Waals surface area contributed by atoms with Crippen LogP contribution in [0.15, 0.2) is 42.5 Å². The van der Waals surface area contributed by atoms with Crippen molar-refractivity contribution in [1.82, 2.24) is 9.27 Å². The van der Waals surface area contributed by atoms with Gasteiger partial charge in [0.2, 0.25) is 0 Å². The van der Waals surface area contributed by atoms with Gasteiger partial charge >= 0.3 is 0 Å². The van der Waals surface area contributed by atoms with Crippen LogP contribution in [0.3, 0.4) is 0 Å². The number of aromatic nitrogens is 1. The average molecular weight is 391 g/mol. The second-order valence-electron chi connectivity index (χ2n) is 8.47. The number of para-hydroxylation sites is 1. The zero-order valence-electron chi connectivity index (χ0n) is 16.3. The smallest absolute Gasteiger partial charge is 0.0644 e. The predicted molar refractivity (Wildman–Crippen MR) is 118 cm³/mol. The first-order chi connectivity index (χ1) is 13.8. The van der Waals surface area contributed by atoms with Crippen molar-refractivity contribution in [3.05, 3.63) is 53.7 Å². The molecule has 5 heteroatoms. The molecule has 3 aliphatic heterocycles. The molecule has 28 heavy (non-hydrogen) atoms. The van der Waals surface area contributed by atoms with Crippen molar-refractivity contribution < 1.29 is 0 Å². The fraction of sp³-hybridized carbons (Fsp3) is 0.435. The number of rotatable bonds is 3. The largest absolute Gasteiger partial charge is 0.371 e. The van der Waals surface area contributed by atoms with Gasteiger partial charge in [-0.1, -0.05) is 30.3 Å². The van der Waals surface area contributed by atoms with E-state index in [0.717, 1.165) is 19.5 Å². The van der Waals surface area contributed by atoms with Crippen LogP contribution >= 0.6 is 11.5 Å². The SMILES string of the molecule is CN1CCN2c3c(cccc31)C1CN(CCc3nsc4ccccc34)CCC12. The highest BCUT2D eigenvalue weighted by Crippen LogP contribution is 2.50. The monoisotopic (exact) mass is 390 g/mol. The van der Waals surface area contributed by atoms with Gasteiger partial charge < -0.3 is 14.7 Å². The van der Waals surface area contributed by atoms with E-state index in [4.69, 9.17) is 4.37 Å². The van der Waals surface area contributed by atoms with Crippen molar-refractivity contribution in [3.63, 3.8) is 0 Å². The molecule has 144 valence electrons. The molecule has 3 aromatic rings. The van der Waals surface area contributed by atoms with Crippen LogP contribution in [0.25, 0.3) is 10.1 Å². The number of hydrogen-bond donors (Lipinski definition) is 0. The Morgan fingerprint density at radius 1 is 1.07 bits per heavy atom. The number of piperidine rings is 1. The van der Waals surface area contributed by atoms with E-state index in [-0.39, 0.29) is 0 Å². The lowest BCUT2D eigenvalue weighted by Crippen LogP contribution is -2.49. The Hall–Kier alpha value is -2.11. The second-order valence-corrected chi connectivity index (χ2v) is 9.27.